The highest BCUT2D eigenvalue weighted by molar-refractivity contribution is 7.14. The van der Waals surface area contributed by atoms with Crippen LogP contribution in [0.3, 0.4) is 0 Å². The predicted molar refractivity (Wildman–Crippen MR) is 102 cm³/mol. The summed E-state index contributed by atoms with van der Waals surface area (Å²) in [5.74, 6) is 2.37. The number of thiophene rings is 1. The molecule has 0 aromatic carbocycles. The number of nitrogens with one attached hydrogen (secondary N) is 2. The zero-order chi connectivity index (χ0) is 17.7. The average Bonchev–Trinajstić information content (AvgIpc) is 3.02. The van der Waals surface area contributed by atoms with E-state index in [0.29, 0.717) is 6.42 Å². The van der Waals surface area contributed by atoms with Crippen LogP contribution in [0.15, 0.2) is 6.07 Å². The highest BCUT2D eigenvalue weighted by Gasteiger charge is 2.51. The first-order valence-electron chi connectivity index (χ1n) is 10.3. The fourth-order valence-electron chi connectivity index (χ4n) is 6.68. The van der Waals surface area contributed by atoms with Crippen molar-refractivity contribution in [3.63, 3.8) is 0 Å². The van der Waals surface area contributed by atoms with Gasteiger partial charge in [0.25, 0.3) is 5.91 Å². The number of aryl methyl sites for hydroxylation is 2. The van der Waals surface area contributed by atoms with Crippen molar-refractivity contribution in [2.45, 2.75) is 70.6 Å². The number of hydrogen-bond donors (Lipinski definition) is 2. The quantitative estimate of drug-likeness (QED) is 0.788. The minimum Gasteiger partial charge on any atom is -0.273 e. The van der Waals surface area contributed by atoms with Gasteiger partial charge in [-0.1, -0.05) is 0 Å². The van der Waals surface area contributed by atoms with Gasteiger partial charge >= 0.3 is 0 Å². The molecule has 26 heavy (non-hydrogen) atoms. The zero-order valence-electron chi connectivity index (χ0n) is 15.3. The van der Waals surface area contributed by atoms with Gasteiger partial charge in [-0.2, -0.15) is 0 Å². The standard InChI is InChI=1S/C21H28N2O2S/c24-19(12-21-9-13-5-14(10-21)7-15(6-13)11-21)22-23-20(25)18-8-16-3-1-2-4-17(16)26-18/h8,13-15H,1-7,9-12H2,(H,22,24)(H,23,25). The van der Waals surface area contributed by atoms with Crippen LogP contribution in [0.25, 0.3) is 0 Å². The third-order valence-corrected chi connectivity index (χ3v) is 8.47. The Hall–Kier alpha value is -1.36. The minimum absolute atomic E-state index is 0.0124. The fraction of sp³-hybridized carbons (Fsp3) is 0.714. The van der Waals surface area contributed by atoms with Crippen molar-refractivity contribution >= 4 is 23.2 Å². The lowest BCUT2D eigenvalue weighted by Crippen LogP contribution is -2.50. The first-order valence-corrected chi connectivity index (χ1v) is 11.1. The molecule has 5 aliphatic rings. The molecule has 1 aromatic heterocycles. The predicted octanol–water partition coefficient (Wildman–Crippen LogP) is 3.99. The number of hydrogen-bond acceptors (Lipinski definition) is 3. The highest BCUT2D eigenvalue weighted by Crippen LogP contribution is 2.61. The maximum atomic E-state index is 12.5. The van der Waals surface area contributed by atoms with Gasteiger partial charge < -0.3 is 0 Å². The second kappa shape index (κ2) is 6.36. The maximum absolute atomic E-state index is 12.5. The van der Waals surface area contributed by atoms with Crippen LogP contribution < -0.4 is 10.9 Å². The van der Waals surface area contributed by atoms with Crippen LogP contribution in [0.4, 0.5) is 0 Å². The van der Waals surface area contributed by atoms with Crippen molar-refractivity contribution in [3.8, 4) is 0 Å². The van der Waals surface area contributed by atoms with Gasteiger partial charge in [-0.15, -0.1) is 11.3 Å². The van der Waals surface area contributed by atoms with Gasteiger partial charge in [0.1, 0.15) is 0 Å². The molecule has 1 aromatic rings. The van der Waals surface area contributed by atoms with Gasteiger partial charge in [0, 0.05) is 11.3 Å². The summed E-state index contributed by atoms with van der Waals surface area (Å²) in [7, 11) is 0. The third-order valence-electron chi connectivity index (χ3n) is 7.24. The third kappa shape index (κ3) is 3.08. The highest BCUT2D eigenvalue weighted by atomic mass is 32.1. The van der Waals surface area contributed by atoms with Crippen LogP contribution in [-0.4, -0.2) is 11.8 Å². The molecule has 0 aliphatic heterocycles. The number of fused-ring (bicyclic) bond motifs is 1. The summed E-state index contributed by atoms with van der Waals surface area (Å²) in [6, 6.07) is 2.01. The molecule has 4 saturated carbocycles. The second-order valence-electron chi connectivity index (χ2n) is 9.36. The van der Waals surface area contributed by atoms with E-state index in [-0.39, 0.29) is 17.2 Å². The van der Waals surface area contributed by atoms with Gasteiger partial charge in [-0.05, 0) is 99.0 Å². The summed E-state index contributed by atoms with van der Waals surface area (Å²) in [5.41, 5.74) is 6.91. The Morgan fingerprint density at radius 2 is 1.65 bits per heavy atom. The topological polar surface area (TPSA) is 58.2 Å². The van der Waals surface area contributed by atoms with E-state index < -0.39 is 0 Å². The summed E-state index contributed by atoms with van der Waals surface area (Å²) < 4.78 is 0. The summed E-state index contributed by atoms with van der Waals surface area (Å²) in [4.78, 5) is 27.0. The van der Waals surface area contributed by atoms with Crippen LogP contribution >= 0.6 is 11.3 Å². The van der Waals surface area contributed by atoms with E-state index in [1.54, 1.807) is 11.3 Å². The first kappa shape index (κ1) is 16.8. The molecule has 2 amide bonds. The lowest BCUT2D eigenvalue weighted by atomic mass is 9.49. The number of carbonyl (C=O) groups is 2. The molecular weight excluding hydrogens is 344 g/mol. The van der Waals surface area contributed by atoms with Crippen LogP contribution in [0.2, 0.25) is 0 Å². The SMILES string of the molecule is O=C(CC12CC3CC(CC(C3)C1)C2)NNC(=O)c1cc2c(s1)CCCC2. The fourth-order valence-corrected chi connectivity index (χ4v) is 7.83. The average molecular weight is 373 g/mol. The molecule has 0 radical (unpaired) electrons. The Morgan fingerprint density at radius 3 is 2.31 bits per heavy atom. The van der Waals surface area contributed by atoms with E-state index in [4.69, 9.17) is 0 Å². The lowest BCUT2D eigenvalue weighted by molar-refractivity contribution is -0.130. The summed E-state index contributed by atoms with van der Waals surface area (Å²) >= 11 is 1.59. The number of hydrazine groups is 1. The number of carbonyl (C=O) groups excluding carboxylic acids is 2. The largest absolute Gasteiger partial charge is 0.279 e. The van der Waals surface area contributed by atoms with Crippen LogP contribution in [-0.2, 0) is 17.6 Å². The summed E-state index contributed by atoms with van der Waals surface area (Å²) in [6.45, 7) is 0. The molecule has 4 bridgehead atoms. The van der Waals surface area contributed by atoms with Gasteiger partial charge in [0.2, 0.25) is 5.91 Å². The van der Waals surface area contributed by atoms with E-state index in [1.165, 1.54) is 61.8 Å². The number of amides is 2. The van der Waals surface area contributed by atoms with Gasteiger partial charge in [0.05, 0.1) is 4.88 Å². The Kier molecular flexibility index (Phi) is 4.11. The van der Waals surface area contributed by atoms with E-state index in [2.05, 4.69) is 10.9 Å². The van der Waals surface area contributed by atoms with Crippen molar-refractivity contribution in [1.82, 2.24) is 10.9 Å². The molecule has 4 fully saturated rings. The van der Waals surface area contributed by atoms with Crippen molar-refractivity contribution in [2.24, 2.45) is 23.2 Å². The summed E-state index contributed by atoms with van der Waals surface area (Å²) in [5, 5.41) is 0. The van der Waals surface area contributed by atoms with E-state index in [1.807, 2.05) is 6.07 Å². The first-order chi connectivity index (χ1) is 12.6. The van der Waals surface area contributed by atoms with Crippen molar-refractivity contribution in [2.75, 3.05) is 0 Å². The molecule has 0 saturated heterocycles. The maximum Gasteiger partial charge on any atom is 0.279 e. The Balaban J connectivity index is 1.17. The van der Waals surface area contributed by atoms with Crippen molar-refractivity contribution in [3.05, 3.63) is 21.4 Å². The zero-order valence-corrected chi connectivity index (χ0v) is 16.1. The molecule has 0 unspecified atom stereocenters. The molecule has 6 rings (SSSR count). The molecule has 0 spiro atoms. The Morgan fingerprint density at radius 1 is 1.00 bits per heavy atom. The molecule has 2 N–H and O–H groups in total. The van der Waals surface area contributed by atoms with Crippen LogP contribution in [0.5, 0.6) is 0 Å². The smallest absolute Gasteiger partial charge is 0.273 e. The minimum atomic E-state index is -0.164. The molecular formula is C21H28N2O2S. The molecule has 1 heterocycles. The van der Waals surface area contributed by atoms with Gasteiger partial charge in [-0.3, -0.25) is 20.4 Å². The molecule has 5 aliphatic carbocycles. The molecule has 5 heteroatoms. The molecule has 0 atom stereocenters. The molecule has 140 valence electrons. The van der Waals surface area contributed by atoms with E-state index in [9.17, 15) is 9.59 Å². The monoisotopic (exact) mass is 372 g/mol. The Labute approximate surface area is 159 Å². The number of rotatable bonds is 3. The van der Waals surface area contributed by atoms with Gasteiger partial charge in [-0.25, -0.2) is 0 Å². The molecule has 4 nitrogen and oxygen atoms in total. The normalized spacial score (nSPS) is 34.4. The van der Waals surface area contributed by atoms with Crippen molar-refractivity contribution < 1.29 is 9.59 Å². The van der Waals surface area contributed by atoms with Crippen molar-refractivity contribution in [1.29, 1.82) is 0 Å². The van der Waals surface area contributed by atoms with Crippen LogP contribution in [0.1, 0.15) is 77.9 Å². The van der Waals surface area contributed by atoms with Gasteiger partial charge in [0.15, 0.2) is 0 Å². The lowest BCUT2D eigenvalue weighted by Gasteiger charge is -2.56. The summed E-state index contributed by atoms with van der Waals surface area (Å²) in [6.07, 6.45) is 13.0. The Bertz CT molecular complexity index is 680. The van der Waals surface area contributed by atoms with E-state index >= 15 is 0 Å². The second-order valence-corrected chi connectivity index (χ2v) is 10.5. The van der Waals surface area contributed by atoms with Crippen LogP contribution in [0, 0.1) is 23.2 Å². The van der Waals surface area contributed by atoms with E-state index in [0.717, 1.165) is 35.5 Å².